The van der Waals surface area contributed by atoms with Crippen LogP contribution in [-0.4, -0.2) is 25.7 Å². The summed E-state index contributed by atoms with van der Waals surface area (Å²) in [6.07, 6.45) is 3.45. The van der Waals surface area contributed by atoms with Crippen LogP contribution in [0, 0.1) is 0 Å². The van der Waals surface area contributed by atoms with Gasteiger partial charge in [0.05, 0.1) is 5.57 Å². The van der Waals surface area contributed by atoms with Gasteiger partial charge in [-0.3, -0.25) is 9.78 Å². The minimum absolute atomic E-state index is 0.187. The van der Waals surface area contributed by atoms with E-state index in [1.807, 2.05) is 67.6 Å². The first-order valence-electron chi connectivity index (χ1n) is 10.6. The number of rotatable bonds is 6. The number of anilines is 2. The number of nitrogens with zero attached hydrogens (tertiary/aromatic N) is 4. The van der Waals surface area contributed by atoms with Gasteiger partial charge in [0, 0.05) is 29.5 Å². The molecule has 0 saturated carbocycles. The third-order valence-electron chi connectivity index (χ3n) is 5.34. The first-order chi connectivity index (χ1) is 16.2. The second-order valence-corrected chi connectivity index (χ2v) is 8.55. The summed E-state index contributed by atoms with van der Waals surface area (Å²) in [6.45, 7) is 1.89. The third kappa shape index (κ3) is 4.51. The largest absolute Gasteiger partial charge is 0.328 e. The summed E-state index contributed by atoms with van der Waals surface area (Å²) >= 11 is 1.56. The van der Waals surface area contributed by atoms with Gasteiger partial charge in [-0.1, -0.05) is 60.3 Å². The molecule has 0 unspecified atom stereocenters. The molecule has 1 atom stereocenters. The van der Waals surface area contributed by atoms with E-state index in [9.17, 15) is 4.79 Å². The smallest absolute Gasteiger partial charge is 0.255 e. The first kappa shape index (κ1) is 21.0. The van der Waals surface area contributed by atoms with Gasteiger partial charge in [0.25, 0.3) is 5.91 Å². The highest BCUT2D eigenvalue weighted by Crippen LogP contribution is 2.36. The molecule has 1 aliphatic rings. The Morgan fingerprint density at radius 3 is 2.45 bits per heavy atom. The topological polar surface area (TPSA) is 84.7 Å². The van der Waals surface area contributed by atoms with E-state index in [1.54, 1.807) is 28.8 Å². The highest BCUT2D eigenvalue weighted by atomic mass is 32.2. The van der Waals surface area contributed by atoms with Crippen molar-refractivity contribution < 1.29 is 4.79 Å². The number of amides is 1. The van der Waals surface area contributed by atoms with Gasteiger partial charge < -0.3 is 10.6 Å². The van der Waals surface area contributed by atoms with Crippen molar-refractivity contribution in [1.29, 1.82) is 0 Å². The predicted molar refractivity (Wildman–Crippen MR) is 130 cm³/mol. The molecule has 4 aromatic rings. The number of carbonyl (C=O) groups is 1. The monoisotopic (exact) mass is 454 g/mol. The number of pyridine rings is 1. The Hall–Kier alpha value is -3.91. The lowest BCUT2D eigenvalue weighted by Crippen LogP contribution is -2.31. The van der Waals surface area contributed by atoms with Crippen molar-refractivity contribution >= 4 is 29.3 Å². The normalized spacial score (nSPS) is 15.0. The number of aromatic nitrogens is 4. The number of hydrogen-bond donors (Lipinski definition) is 2. The molecule has 0 spiro atoms. The van der Waals surface area contributed by atoms with Crippen LogP contribution in [0.2, 0.25) is 0 Å². The summed E-state index contributed by atoms with van der Waals surface area (Å²) in [5, 5.41) is 11.7. The molecule has 0 saturated heterocycles. The molecule has 33 heavy (non-hydrogen) atoms. The number of fused-ring (bicyclic) bond motifs is 1. The Labute approximate surface area is 196 Å². The van der Waals surface area contributed by atoms with Crippen molar-refractivity contribution in [3.8, 4) is 0 Å². The zero-order valence-electron chi connectivity index (χ0n) is 18.0. The van der Waals surface area contributed by atoms with Crippen molar-refractivity contribution in [2.75, 3.05) is 10.6 Å². The Morgan fingerprint density at radius 1 is 1.03 bits per heavy atom. The van der Waals surface area contributed by atoms with Crippen molar-refractivity contribution in [3.63, 3.8) is 0 Å². The number of nitrogens with one attached hydrogen (secondary N) is 2. The summed E-state index contributed by atoms with van der Waals surface area (Å²) < 4.78 is 1.79. The molecular formula is C25H22N6OS. The molecule has 1 amide bonds. The van der Waals surface area contributed by atoms with E-state index in [1.165, 1.54) is 5.56 Å². The second kappa shape index (κ2) is 9.30. The van der Waals surface area contributed by atoms with Crippen molar-refractivity contribution in [1.82, 2.24) is 19.7 Å². The van der Waals surface area contributed by atoms with Gasteiger partial charge in [-0.25, -0.2) is 4.68 Å². The van der Waals surface area contributed by atoms with Gasteiger partial charge >= 0.3 is 0 Å². The van der Waals surface area contributed by atoms with Gasteiger partial charge in [-0.2, -0.15) is 4.98 Å². The van der Waals surface area contributed by atoms with Gasteiger partial charge in [-0.15, -0.1) is 5.10 Å². The van der Waals surface area contributed by atoms with Crippen LogP contribution in [0.4, 0.5) is 11.6 Å². The SMILES string of the molecule is CC1=C(C(=O)Nc2ccccc2)[C@H](c2ccncc2)n2nc(SCc3ccccc3)nc2N1. The summed E-state index contributed by atoms with van der Waals surface area (Å²) in [6, 6.07) is 23.0. The molecule has 3 heterocycles. The standard InChI is InChI=1S/C25H22N6OS/c1-17-21(23(32)28-20-10-6-3-7-11-20)22(19-12-14-26-15-13-19)31-24(27-17)29-25(30-31)33-16-18-8-4-2-5-9-18/h2-15,22H,16H2,1H3,(H,28,32)(H,27,29,30)/t22-/m0/s1. The maximum Gasteiger partial charge on any atom is 0.255 e. The number of allylic oxidation sites excluding steroid dienone is 1. The fourth-order valence-electron chi connectivity index (χ4n) is 3.78. The molecule has 2 N–H and O–H groups in total. The number of thioether (sulfide) groups is 1. The molecule has 8 heteroatoms. The number of carbonyl (C=O) groups excluding carboxylic acids is 1. The van der Waals surface area contributed by atoms with Crippen LogP contribution in [0.3, 0.4) is 0 Å². The van der Waals surface area contributed by atoms with E-state index in [0.717, 1.165) is 22.7 Å². The van der Waals surface area contributed by atoms with Gasteiger partial charge in [0.15, 0.2) is 0 Å². The zero-order valence-corrected chi connectivity index (χ0v) is 18.8. The van der Waals surface area contributed by atoms with Crippen LogP contribution in [-0.2, 0) is 10.5 Å². The Kier molecular flexibility index (Phi) is 5.91. The minimum Gasteiger partial charge on any atom is -0.328 e. The van der Waals surface area contributed by atoms with Crippen LogP contribution in [0.15, 0.2) is 102 Å². The lowest BCUT2D eigenvalue weighted by atomic mass is 9.96. The van der Waals surface area contributed by atoms with Crippen LogP contribution in [0.1, 0.15) is 24.1 Å². The highest BCUT2D eigenvalue weighted by Gasteiger charge is 2.34. The minimum atomic E-state index is -0.425. The highest BCUT2D eigenvalue weighted by molar-refractivity contribution is 7.98. The third-order valence-corrected chi connectivity index (χ3v) is 6.25. The molecule has 0 fully saturated rings. The quantitative estimate of drug-likeness (QED) is 0.404. The Bertz CT molecular complexity index is 1290. The van der Waals surface area contributed by atoms with E-state index in [-0.39, 0.29) is 5.91 Å². The van der Waals surface area contributed by atoms with Gasteiger partial charge in [0.1, 0.15) is 6.04 Å². The van der Waals surface area contributed by atoms with E-state index in [0.29, 0.717) is 16.7 Å². The summed E-state index contributed by atoms with van der Waals surface area (Å²) in [5.74, 6) is 1.19. The van der Waals surface area contributed by atoms with Crippen LogP contribution < -0.4 is 10.6 Å². The van der Waals surface area contributed by atoms with Crippen LogP contribution >= 0.6 is 11.8 Å². The molecule has 0 bridgehead atoms. The van der Waals surface area contributed by atoms with Gasteiger partial charge in [-0.05, 0) is 42.3 Å². The summed E-state index contributed by atoms with van der Waals surface area (Å²) in [4.78, 5) is 22.2. The molecule has 0 aliphatic carbocycles. The van der Waals surface area contributed by atoms with Crippen molar-refractivity contribution in [2.45, 2.75) is 23.9 Å². The average molecular weight is 455 g/mol. The number of hydrogen-bond acceptors (Lipinski definition) is 6. The van der Waals surface area contributed by atoms with E-state index in [2.05, 4.69) is 27.8 Å². The zero-order chi connectivity index (χ0) is 22.6. The lowest BCUT2D eigenvalue weighted by Gasteiger charge is -2.28. The molecular weight excluding hydrogens is 432 g/mol. The molecule has 2 aromatic carbocycles. The van der Waals surface area contributed by atoms with Crippen LogP contribution in [0.5, 0.6) is 0 Å². The van der Waals surface area contributed by atoms with Crippen molar-refractivity contribution in [2.24, 2.45) is 0 Å². The number of benzene rings is 2. The fraction of sp³-hybridized carbons (Fsp3) is 0.120. The second-order valence-electron chi connectivity index (χ2n) is 7.60. The van der Waals surface area contributed by atoms with Crippen LogP contribution in [0.25, 0.3) is 0 Å². The molecule has 0 radical (unpaired) electrons. The van der Waals surface area contributed by atoms with E-state index in [4.69, 9.17) is 10.1 Å². The summed E-state index contributed by atoms with van der Waals surface area (Å²) in [5.41, 5.74) is 4.17. The van der Waals surface area contributed by atoms with E-state index < -0.39 is 6.04 Å². The fourth-order valence-corrected chi connectivity index (χ4v) is 4.57. The first-order valence-corrected chi connectivity index (χ1v) is 11.5. The molecule has 164 valence electrons. The molecule has 5 rings (SSSR count). The lowest BCUT2D eigenvalue weighted by molar-refractivity contribution is -0.113. The molecule has 7 nitrogen and oxygen atoms in total. The molecule has 1 aliphatic heterocycles. The maximum atomic E-state index is 13.4. The number of para-hydroxylation sites is 1. The van der Waals surface area contributed by atoms with Crippen molar-refractivity contribution in [3.05, 3.63) is 108 Å². The maximum absolute atomic E-state index is 13.4. The predicted octanol–water partition coefficient (Wildman–Crippen LogP) is 4.89. The Morgan fingerprint density at radius 2 is 1.73 bits per heavy atom. The summed E-state index contributed by atoms with van der Waals surface area (Å²) in [7, 11) is 0. The van der Waals surface area contributed by atoms with Gasteiger partial charge in [0.2, 0.25) is 11.1 Å². The Balaban J connectivity index is 1.48. The van der Waals surface area contributed by atoms with E-state index >= 15 is 0 Å². The average Bonchev–Trinajstić information content (AvgIpc) is 3.26. The molecule has 2 aromatic heterocycles.